The fourth-order valence-electron chi connectivity index (χ4n) is 2.18. The van der Waals surface area contributed by atoms with Crippen molar-refractivity contribution in [3.8, 4) is 6.07 Å². The Morgan fingerprint density at radius 1 is 1.00 bits per heavy atom. The van der Waals surface area contributed by atoms with Crippen molar-refractivity contribution < 1.29 is 0 Å². The van der Waals surface area contributed by atoms with Crippen LogP contribution in [0.4, 0.5) is 0 Å². The molecule has 1 heterocycles. The lowest BCUT2D eigenvalue weighted by molar-refractivity contribution is 1.46. The van der Waals surface area contributed by atoms with Crippen LogP contribution in [0.3, 0.4) is 0 Å². The molecule has 2 nitrogen and oxygen atoms in total. The third kappa shape index (κ3) is 2.14. The van der Waals surface area contributed by atoms with Crippen molar-refractivity contribution in [2.24, 2.45) is 0 Å². The Hall–Kier alpha value is -2.79. The molecular formula is C17H12N2. The molecule has 0 spiro atoms. The highest BCUT2D eigenvalue weighted by molar-refractivity contribution is 6.01. The number of nitrogens with one attached hydrogen (secondary N) is 1. The molecule has 3 rings (SSSR count). The van der Waals surface area contributed by atoms with Gasteiger partial charge >= 0.3 is 0 Å². The van der Waals surface area contributed by atoms with Crippen LogP contribution in [-0.2, 0) is 0 Å². The number of benzene rings is 2. The van der Waals surface area contributed by atoms with Crippen molar-refractivity contribution in [1.29, 1.82) is 5.26 Å². The van der Waals surface area contributed by atoms with Crippen LogP contribution in [0.5, 0.6) is 0 Å². The number of hydrogen-bond donors (Lipinski definition) is 1. The Kier molecular flexibility index (Phi) is 2.88. The van der Waals surface area contributed by atoms with Gasteiger partial charge in [-0.15, -0.1) is 0 Å². The van der Waals surface area contributed by atoms with Crippen molar-refractivity contribution in [3.63, 3.8) is 0 Å². The summed E-state index contributed by atoms with van der Waals surface area (Å²) >= 11 is 0. The Labute approximate surface area is 111 Å². The van der Waals surface area contributed by atoms with Crippen molar-refractivity contribution in [2.45, 2.75) is 0 Å². The second-order valence-corrected chi connectivity index (χ2v) is 4.33. The average molecular weight is 244 g/mol. The number of rotatable bonds is 2. The Morgan fingerprint density at radius 2 is 1.74 bits per heavy atom. The third-order valence-corrected chi connectivity index (χ3v) is 3.11. The summed E-state index contributed by atoms with van der Waals surface area (Å²) in [6, 6.07) is 20.2. The zero-order chi connectivity index (χ0) is 13.1. The maximum absolute atomic E-state index is 9.39. The van der Waals surface area contributed by atoms with Crippen molar-refractivity contribution in [3.05, 3.63) is 71.9 Å². The van der Waals surface area contributed by atoms with Crippen LogP contribution in [0, 0.1) is 11.3 Å². The second kappa shape index (κ2) is 4.83. The summed E-state index contributed by atoms with van der Waals surface area (Å²) in [5.74, 6) is 0. The molecule has 0 aliphatic rings. The first-order chi connectivity index (χ1) is 9.38. The molecule has 2 aromatic carbocycles. The Balaban J connectivity index is 2.14. The molecule has 0 radical (unpaired) electrons. The first-order valence-corrected chi connectivity index (χ1v) is 6.12. The van der Waals surface area contributed by atoms with E-state index in [2.05, 4.69) is 11.1 Å². The molecule has 0 amide bonds. The number of allylic oxidation sites excluding steroid dienone is 1. The summed E-state index contributed by atoms with van der Waals surface area (Å²) in [5.41, 5.74) is 3.70. The summed E-state index contributed by atoms with van der Waals surface area (Å²) < 4.78 is 0. The minimum atomic E-state index is 0.670. The Bertz CT molecular complexity index is 774. The van der Waals surface area contributed by atoms with Gasteiger partial charge in [0.15, 0.2) is 0 Å². The number of aromatic amines is 1. The van der Waals surface area contributed by atoms with Gasteiger partial charge < -0.3 is 4.98 Å². The predicted molar refractivity (Wildman–Crippen MR) is 78.2 cm³/mol. The molecular weight excluding hydrogens is 232 g/mol. The van der Waals surface area contributed by atoms with E-state index in [-0.39, 0.29) is 0 Å². The van der Waals surface area contributed by atoms with Crippen LogP contribution in [0.15, 0.2) is 60.8 Å². The number of nitrogens with zero attached hydrogens (tertiary/aromatic N) is 1. The molecule has 0 aliphatic carbocycles. The zero-order valence-corrected chi connectivity index (χ0v) is 10.3. The molecule has 1 N–H and O–H groups in total. The quantitative estimate of drug-likeness (QED) is 0.673. The van der Waals surface area contributed by atoms with E-state index in [9.17, 15) is 5.26 Å². The molecule has 2 heteroatoms. The van der Waals surface area contributed by atoms with Crippen molar-refractivity contribution in [2.75, 3.05) is 0 Å². The van der Waals surface area contributed by atoms with Gasteiger partial charge in [-0.1, -0.05) is 48.5 Å². The lowest BCUT2D eigenvalue weighted by Gasteiger charge is -1.98. The average Bonchev–Trinajstić information content (AvgIpc) is 2.90. The van der Waals surface area contributed by atoms with Crippen molar-refractivity contribution in [1.82, 2.24) is 4.98 Å². The first-order valence-electron chi connectivity index (χ1n) is 6.12. The predicted octanol–water partition coefficient (Wildman–Crippen LogP) is 4.23. The molecule has 0 atom stereocenters. The summed E-state index contributed by atoms with van der Waals surface area (Å²) in [5, 5.41) is 10.5. The lowest BCUT2D eigenvalue weighted by Crippen LogP contribution is -1.80. The van der Waals surface area contributed by atoms with E-state index in [0.29, 0.717) is 5.57 Å². The van der Waals surface area contributed by atoms with E-state index in [0.717, 1.165) is 22.0 Å². The van der Waals surface area contributed by atoms with Gasteiger partial charge in [-0.25, -0.2) is 0 Å². The van der Waals surface area contributed by atoms with Crippen LogP contribution in [0.25, 0.3) is 22.6 Å². The highest BCUT2D eigenvalue weighted by atomic mass is 14.7. The summed E-state index contributed by atoms with van der Waals surface area (Å²) in [4.78, 5) is 3.20. The first kappa shape index (κ1) is 11.3. The van der Waals surface area contributed by atoms with Crippen LogP contribution < -0.4 is 0 Å². The van der Waals surface area contributed by atoms with Gasteiger partial charge in [0, 0.05) is 22.7 Å². The summed E-state index contributed by atoms with van der Waals surface area (Å²) in [6.07, 6.45) is 3.80. The number of nitriles is 1. The third-order valence-electron chi connectivity index (χ3n) is 3.11. The van der Waals surface area contributed by atoms with Gasteiger partial charge in [-0.05, 0) is 17.7 Å². The fourth-order valence-corrected chi connectivity index (χ4v) is 2.18. The molecule has 90 valence electrons. The second-order valence-electron chi connectivity index (χ2n) is 4.33. The van der Waals surface area contributed by atoms with Gasteiger partial charge in [-0.3, -0.25) is 0 Å². The minimum Gasteiger partial charge on any atom is -0.361 e. The highest BCUT2D eigenvalue weighted by Gasteiger charge is 2.07. The van der Waals surface area contributed by atoms with Gasteiger partial charge in [-0.2, -0.15) is 5.26 Å². The van der Waals surface area contributed by atoms with Crippen LogP contribution in [0.2, 0.25) is 0 Å². The minimum absolute atomic E-state index is 0.670. The number of fused-ring (bicyclic) bond motifs is 1. The molecule has 1 aromatic heterocycles. The van der Waals surface area contributed by atoms with E-state index >= 15 is 0 Å². The van der Waals surface area contributed by atoms with Gasteiger partial charge in [0.2, 0.25) is 0 Å². The molecule has 0 fully saturated rings. The number of H-pyrrole nitrogens is 1. The van der Waals surface area contributed by atoms with Crippen molar-refractivity contribution >= 4 is 22.6 Å². The Morgan fingerprint density at radius 3 is 2.53 bits per heavy atom. The summed E-state index contributed by atoms with van der Waals surface area (Å²) in [7, 11) is 0. The lowest BCUT2D eigenvalue weighted by atomic mass is 10.0. The van der Waals surface area contributed by atoms with Crippen LogP contribution in [0.1, 0.15) is 11.1 Å². The molecule has 0 aliphatic heterocycles. The molecule has 0 saturated carbocycles. The topological polar surface area (TPSA) is 39.6 Å². The van der Waals surface area contributed by atoms with E-state index in [1.54, 1.807) is 0 Å². The van der Waals surface area contributed by atoms with Gasteiger partial charge in [0.05, 0.1) is 11.6 Å². The largest absolute Gasteiger partial charge is 0.361 e. The number of para-hydroxylation sites is 1. The fraction of sp³-hybridized carbons (Fsp3) is 0. The molecule has 0 bridgehead atoms. The molecule has 3 aromatic rings. The number of aromatic nitrogens is 1. The van der Waals surface area contributed by atoms with Crippen LogP contribution in [-0.4, -0.2) is 4.98 Å². The standard InChI is InChI=1S/C17H12N2/c18-11-14(10-13-6-2-1-3-7-13)16-12-19-17-9-5-4-8-15(16)17/h1-10,12,19H/b14-10-. The number of hydrogen-bond acceptors (Lipinski definition) is 1. The van der Waals surface area contributed by atoms with Crippen LogP contribution >= 0.6 is 0 Å². The highest BCUT2D eigenvalue weighted by Crippen LogP contribution is 2.26. The maximum atomic E-state index is 9.39. The van der Waals surface area contributed by atoms with E-state index < -0.39 is 0 Å². The zero-order valence-electron chi connectivity index (χ0n) is 10.3. The molecule has 0 saturated heterocycles. The monoisotopic (exact) mass is 244 g/mol. The SMILES string of the molecule is N#C/C(=C/c1ccccc1)c1c[nH]c2ccccc12. The van der Waals surface area contributed by atoms with E-state index in [4.69, 9.17) is 0 Å². The van der Waals surface area contributed by atoms with Gasteiger partial charge in [0.25, 0.3) is 0 Å². The van der Waals surface area contributed by atoms with E-state index in [1.165, 1.54) is 0 Å². The summed E-state index contributed by atoms with van der Waals surface area (Å²) in [6.45, 7) is 0. The molecule has 19 heavy (non-hydrogen) atoms. The molecule has 0 unspecified atom stereocenters. The van der Waals surface area contributed by atoms with Gasteiger partial charge in [0.1, 0.15) is 0 Å². The maximum Gasteiger partial charge on any atom is 0.0998 e. The van der Waals surface area contributed by atoms with E-state index in [1.807, 2.05) is 66.9 Å². The smallest absolute Gasteiger partial charge is 0.0998 e. The normalized spacial score (nSPS) is 11.4.